The van der Waals surface area contributed by atoms with E-state index >= 15 is 0 Å². The van der Waals surface area contributed by atoms with E-state index in [0.29, 0.717) is 12.5 Å². The highest BCUT2D eigenvalue weighted by molar-refractivity contribution is 6.06. The Morgan fingerprint density at radius 1 is 1.07 bits per heavy atom. The molecular formula is C23H24N2O2. The second-order valence-corrected chi connectivity index (χ2v) is 8.01. The molecule has 4 nitrogen and oxygen atoms in total. The summed E-state index contributed by atoms with van der Waals surface area (Å²) < 4.78 is 0. The quantitative estimate of drug-likeness (QED) is 0.728. The molecule has 0 spiro atoms. The summed E-state index contributed by atoms with van der Waals surface area (Å²) in [4.78, 5) is 18.4. The van der Waals surface area contributed by atoms with Crippen LogP contribution in [0.1, 0.15) is 35.2 Å². The molecule has 1 saturated heterocycles. The summed E-state index contributed by atoms with van der Waals surface area (Å²) >= 11 is 0. The number of nitrogens with one attached hydrogen (secondary N) is 1. The monoisotopic (exact) mass is 360 g/mol. The van der Waals surface area contributed by atoms with E-state index in [2.05, 4.69) is 4.98 Å². The second-order valence-electron chi connectivity index (χ2n) is 8.01. The molecule has 27 heavy (non-hydrogen) atoms. The molecule has 4 heteroatoms. The number of hydrogen-bond acceptors (Lipinski definition) is 2. The number of nitrogens with zero attached hydrogens (tertiary/aromatic N) is 1. The molecule has 3 aromatic rings. The first-order chi connectivity index (χ1) is 13.2. The van der Waals surface area contributed by atoms with Gasteiger partial charge in [-0.25, -0.2) is 0 Å². The van der Waals surface area contributed by atoms with Crippen molar-refractivity contribution in [3.05, 3.63) is 71.9 Å². The van der Waals surface area contributed by atoms with Gasteiger partial charge in [0.2, 0.25) is 0 Å². The average molecular weight is 360 g/mol. The molecule has 0 radical (unpaired) electrons. The van der Waals surface area contributed by atoms with E-state index in [1.165, 1.54) is 0 Å². The molecule has 1 aliphatic carbocycles. The van der Waals surface area contributed by atoms with E-state index in [1.54, 1.807) is 0 Å². The smallest absolute Gasteiger partial charge is 0.256 e. The Balaban J connectivity index is 1.45. The molecule has 0 bridgehead atoms. The lowest BCUT2D eigenvalue weighted by atomic mass is 9.67. The molecule has 1 aromatic heterocycles. The normalized spacial score (nSPS) is 27.7. The minimum atomic E-state index is -0.834. The lowest BCUT2D eigenvalue weighted by Gasteiger charge is -2.41. The van der Waals surface area contributed by atoms with Crippen LogP contribution in [-0.4, -0.2) is 34.0 Å². The minimum absolute atomic E-state index is 0.0669. The largest absolute Gasteiger partial charge is 0.385 e. The zero-order chi connectivity index (χ0) is 18.4. The molecule has 138 valence electrons. The average Bonchev–Trinajstić information content (AvgIpc) is 3.33. The number of amides is 1. The van der Waals surface area contributed by atoms with Crippen LogP contribution in [0.3, 0.4) is 0 Å². The van der Waals surface area contributed by atoms with Gasteiger partial charge >= 0.3 is 0 Å². The summed E-state index contributed by atoms with van der Waals surface area (Å²) in [6, 6.07) is 17.9. The van der Waals surface area contributed by atoms with E-state index in [-0.39, 0.29) is 11.8 Å². The van der Waals surface area contributed by atoms with Crippen LogP contribution in [0.15, 0.2) is 60.8 Å². The molecule has 3 atom stereocenters. The van der Waals surface area contributed by atoms with E-state index in [1.807, 2.05) is 65.7 Å². The number of para-hydroxylation sites is 1. The molecule has 2 fully saturated rings. The van der Waals surface area contributed by atoms with Crippen molar-refractivity contribution in [2.45, 2.75) is 24.9 Å². The van der Waals surface area contributed by atoms with Gasteiger partial charge in [0.05, 0.1) is 11.2 Å². The Bertz CT molecular complexity index is 980. The highest BCUT2D eigenvalue weighted by atomic mass is 16.3. The number of carbonyl (C=O) groups excluding carboxylic acids is 1. The molecule has 2 N–H and O–H groups in total. The Hall–Kier alpha value is -2.59. The van der Waals surface area contributed by atoms with Gasteiger partial charge in [-0.05, 0) is 36.8 Å². The number of benzene rings is 2. The predicted molar refractivity (Wildman–Crippen MR) is 105 cm³/mol. The van der Waals surface area contributed by atoms with Crippen LogP contribution in [0.4, 0.5) is 0 Å². The fraction of sp³-hybridized carbons (Fsp3) is 0.348. The third-order valence-electron chi connectivity index (χ3n) is 6.57. The number of H-pyrrole nitrogens is 1. The van der Waals surface area contributed by atoms with Crippen molar-refractivity contribution in [2.24, 2.45) is 11.8 Å². The maximum absolute atomic E-state index is 13.2. The molecule has 2 heterocycles. The first-order valence-electron chi connectivity index (χ1n) is 9.80. The van der Waals surface area contributed by atoms with E-state index in [9.17, 15) is 9.90 Å². The number of aromatic nitrogens is 1. The van der Waals surface area contributed by atoms with Crippen molar-refractivity contribution >= 4 is 16.8 Å². The van der Waals surface area contributed by atoms with Crippen LogP contribution < -0.4 is 0 Å². The number of hydrogen-bond donors (Lipinski definition) is 2. The lowest BCUT2D eigenvalue weighted by molar-refractivity contribution is -0.0644. The number of aromatic amines is 1. The number of rotatable bonds is 2. The summed E-state index contributed by atoms with van der Waals surface area (Å²) in [5.41, 5.74) is 1.87. The number of aliphatic hydroxyl groups is 1. The van der Waals surface area contributed by atoms with Gasteiger partial charge in [-0.3, -0.25) is 4.79 Å². The number of fused-ring (bicyclic) bond motifs is 2. The highest BCUT2D eigenvalue weighted by Gasteiger charge is 2.50. The summed E-state index contributed by atoms with van der Waals surface area (Å²) in [7, 11) is 0. The maximum atomic E-state index is 13.2. The Morgan fingerprint density at radius 3 is 2.70 bits per heavy atom. The molecule has 0 unspecified atom stereocenters. The lowest BCUT2D eigenvalue weighted by Crippen LogP contribution is -2.42. The summed E-state index contributed by atoms with van der Waals surface area (Å²) in [5, 5.41) is 12.5. The van der Waals surface area contributed by atoms with Gasteiger partial charge in [0.15, 0.2) is 0 Å². The third-order valence-corrected chi connectivity index (χ3v) is 6.57. The highest BCUT2D eigenvalue weighted by Crippen LogP contribution is 2.48. The Labute approximate surface area is 158 Å². The maximum Gasteiger partial charge on any atom is 0.256 e. The number of likely N-dealkylation sites (tertiary alicyclic amines) is 1. The van der Waals surface area contributed by atoms with Gasteiger partial charge in [0.25, 0.3) is 5.91 Å². The Morgan fingerprint density at radius 2 is 1.85 bits per heavy atom. The molecule has 2 aromatic carbocycles. The first kappa shape index (κ1) is 16.6. The van der Waals surface area contributed by atoms with Crippen molar-refractivity contribution in [2.75, 3.05) is 13.1 Å². The topological polar surface area (TPSA) is 56.3 Å². The summed E-state index contributed by atoms with van der Waals surface area (Å²) in [6.07, 6.45) is 4.67. The van der Waals surface area contributed by atoms with Gasteiger partial charge in [-0.15, -0.1) is 0 Å². The fourth-order valence-electron chi connectivity index (χ4n) is 5.19. The summed E-state index contributed by atoms with van der Waals surface area (Å²) in [5.74, 6) is 0.526. The van der Waals surface area contributed by atoms with Crippen LogP contribution in [-0.2, 0) is 5.60 Å². The van der Waals surface area contributed by atoms with Crippen molar-refractivity contribution in [3.63, 3.8) is 0 Å². The van der Waals surface area contributed by atoms with E-state index < -0.39 is 5.60 Å². The van der Waals surface area contributed by atoms with Crippen molar-refractivity contribution < 1.29 is 9.90 Å². The third kappa shape index (κ3) is 2.59. The molecule has 1 aliphatic heterocycles. The van der Waals surface area contributed by atoms with Crippen molar-refractivity contribution in [1.82, 2.24) is 9.88 Å². The zero-order valence-electron chi connectivity index (χ0n) is 15.3. The van der Waals surface area contributed by atoms with Gasteiger partial charge in [-0.1, -0.05) is 48.5 Å². The van der Waals surface area contributed by atoms with Crippen LogP contribution >= 0.6 is 0 Å². The molecular weight excluding hydrogens is 336 g/mol. The van der Waals surface area contributed by atoms with Gasteiger partial charge in [-0.2, -0.15) is 0 Å². The molecule has 1 saturated carbocycles. The standard InChI is InChI=1S/C23H24N2O2/c26-22(19-13-24-21-11-5-4-10-18(19)21)25-14-16-7-6-12-23(27,20(16)15-25)17-8-2-1-3-9-17/h1-5,8-11,13,16,20,24,27H,6-7,12,14-15H2/t16-,20+,23+/m0/s1. The van der Waals surface area contributed by atoms with Crippen LogP contribution in [0.2, 0.25) is 0 Å². The SMILES string of the molecule is O=C(c1c[nH]c2ccccc12)N1C[C@@H]2CCC[C@@](O)(c3ccccc3)[C@@H]2C1. The van der Waals surface area contributed by atoms with Crippen LogP contribution in [0, 0.1) is 11.8 Å². The zero-order valence-corrected chi connectivity index (χ0v) is 15.3. The minimum Gasteiger partial charge on any atom is -0.385 e. The van der Waals surface area contributed by atoms with Crippen molar-refractivity contribution in [1.29, 1.82) is 0 Å². The van der Waals surface area contributed by atoms with E-state index in [4.69, 9.17) is 0 Å². The molecule has 5 rings (SSSR count). The van der Waals surface area contributed by atoms with Gasteiger partial charge < -0.3 is 15.0 Å². The predicted octanol–water partition coefficient (Wildman–Crippen LogP) is 3.93. The van der Waals surface area contributed by atoms with Gasteiger partial charge in [0, 0.05) is 36.1 Å². The van der Waals surface area contributed by atoms with E-state index in [0.717, 1.165) is 47.8 Å². The van der Waals surface area contributed by atoms with Crippen molar-refractivity contribution in [3.8, 4) is 0 Å². The molecule has 2 aliphatic rings. The first-order valence-corrected chi connectivity index (χ1v) is 9.80. The van der Waals surface area contributed by atoms with Gasteiger partial charge in [0.1, 0.15) is 0 Å². The molecule has 1 amide bonds. The second kappa shape index (κ2) is 6.24. The van der Waals surface area contributed by atoms with Crippen LogP contribution in [0.5, 0.6) is 0 Å². The summed E-state index contributed by atoms with van der Waals surface area (Å²) in [6.45, 7) is 1.35. The number of carbonyl (C=O) groups is 1. The Kier molecular flexibility index (Phi) is 3.83. The fourth-order valence-corrected chi connectivity index (χ4v) is 5.19. The van der Waals surface area contributed by atoms with Crippen LogP contribution in [0.25, 0.3) is 10.9 Å².